The number of ether oxygens (including phenoxy) is 1. The van der Waals surface area contributed by atoms with Crippen molar-refractivity contribution in [3.63, 3.8) is 0 Å². The second-order valence-corrected chi connectivity index (χ2v) is 6.11. The lowest BCUT2D eigenvalue weighted by Crippen LogP contribution is -2.32. The van der Waals surface area contributed by atoms with Crippen molar-refractivity contribution in [1.29, 1.82) is 0 Å². The molecular formula is C15H16FNO2S. The molecule has 1 saturated carbocycles. The van der Waals surface area contributed by atoms with Gasteiger partial charge in [-0.15, -0.1) is 11.3 Å². The van der Waals surface area contributed by atoms with Crippen molar-refractivity contribution in [3.8, 4) is 5.75 Å². The minimum atomic E-state index is -0.323. The highest BCUT2D eigenvalue weighted by atomic mass is 32.1. The van der Waals surface area contributed by atoms with Crippen molar-refractivity contribution in [2.24, 2.45) is 0 Å². The largest absolute Gasteiger partial charge is 0.494 e. The molecule has 1 heterocycles. The van der Waals surface area contributed by atoms with Crippen LogP contribution in [-0.2, 0) is 0 Å². The Kier molecular flexibility index (Phi) is 3.61. The third-order valence-electron chi connectivity index (χ3n) is 3.71. The van der Waals surface area contributed by atoms with E-state index < -0.39 is 0 Å². The van der Waals surface area contributed by atoms with Crippen LogP contribution < -0.4 is 10.1 Å². The molecule has 0 bridgehead atoms. The molecule has 1 fully saturated rings. The standard InChI is InChI=1S/C15H16FNO2S/c1-19-13-11-8-9(16)6-7-12(11)20-14(13)15(18)17-10-4-2-3-5-10/h6-8,10H,2-5H2,1H3,(H,17,18). The summed E-state index contributed by atoms with van der Waals surface area (Å²) in [6.07, 6.45) is 4.40. The van der Waals surface area contributed by atoms with Gasteiger partial charge in [0.15, 0.2) is 0 Å². The summed E-state index contributed by atoms with van der Waals surface area (Å²) in [5.41, 5.74) is 0. The Morgan fingerprint density at radius 2 is 2.15 bits per heavy atom. The number of nitrogens with one attached hydrogen (secondary N) is 1. The molecular weight excluding hydrogens is 277 g/mol. The fourth-order valence-electron chi connectivity index (χ4n) is 2.72. The van der Waals surface area contributed by atoms with Gasteiger partial charge in [0.05, 0.1) is 7.11 Å². The molecule has 1 N–H and O–H groups in total. The maximum atomic E-state index is 13.3. The maximum Gasteiger partial charge on any atom is 0.265 e. The third-order valence-corrected chi connectivity index (χ3v) is 4.86. The van der Waals surface area contributed by atoms with Gasteiger partial charge in [-0.25, -0.2) is 4.39 Å². The maximum absolute atomic E-state index is 13.3. The summed E-state index contributed by atoms with van der Waals surface area (Å²) in [4.78, 5) is 12.9. The van der Waals surface area contributed by atoms with E-state index in [2.05, 4.69) is 5.32 Å². The number of carbonyl (C=O) groups excluding carboxylic acids is 1. The van der Waals surface area contributed by atoms with E-state index in [0.29, 0.717) is 16.0 Å². The third kappa shape index (κ3) is 2.38. The topological polar surface area (TPSA) is 38.3 Å². The van der Waals surface area contributed by atoms with Crippen LogP contribution in [0.1, 0.15) is 35.4 Å². The van der Waals surface area contributed by atoms with Crippen molar-refractivity contribution in [2.75, 3.05) is 7.11 Å². The Morgan fingerprint density at radius 3 is 2.85 bits per heavy atom. The minimum absolute atomic E-state index is 0.115. The Labute approximate surface area is 120 Å². The van der Waals surface area contributed by atoms with Crippen LogP contribution in [-0.4, -0.2) is 19.1 Å². The molecule has 0 radical (unpaired) electrons. The first-order valence-corrected chi connectivity index (χ1v) is 7.57. The molecule has 1 aromatic heterocycles. The zero-order chi connectivity index (χ0) is 14.1. The average Bonchev–Trinajstić information content (AvgIpc) is 3.05. The van der Waals surface area contributed by atoms with E-state index >= 15 is 0 Å². The second kappa shape index (κ2) is 5.40. The average molecular weight is 293 g/mol. The molecule has 0 spiro atoms. The van der Waals surface area contributed by atoms with Crippen LogP contribution in [0.25, 0.3) is 10.1 Å². The Bertz CT molecular complexity index is 647. The zero-order valence-electron chi connectivity index (χ0n) is 11.2. The van der Waals surface area contributed by atoms with E-state index in [-0.39, 0.29) is 17.8 Å². The molecule has 3 rings (SSSR count). The van der Waals surface area contributed by atoms with E-state index in [9.17, 15) is 9.18 Å². The fourth-order valence-corrected chi connectivity index (χ4v) is 3.78. The first-order chi connectivity index (χ1) is 9.69. The SMILES string of the molecule is COc1c(C(=O)NC2CCCC2)sc2ccc(F)cc12. The molecule has 20 heavy (non-hydrogen) atoms. The van der Waals surface area contributed by atoms with E-state index in [1.54, 1.807) is 6.07 Å². The van der Waals surface area contributed by atoms with Gasteiger partial charge in [0.1, 0.15) is 16.4 Å². The monoisotopic (exact) mass is 293 g/mol. The molecule has 2 aromatic rings. The number of halogens is 1. The first kappa shape index (κ1) is 13.4. The molecule has 0 atom stereocenters. The van der Waals surface area contributed by atoms with Crippen LogP contribution in [0.4, 0.5) is 4.39 Å². The molecule has 0 aliphatic heterocycles. The van der Waals surface area contributed by atoms with Gasteiger partial charge in [-0.3, -0.25) is 4.79 Å². The van der Waals surface area contributed by atoms with Crippen LogP contribution in [0.5, 0.6) is 5.75 Å². The highest BCUT2D eigenvalue weighted by Gasteiger charge is 2.23. The molecule has 1 aromatic carbocycles. The molecule has 5 heteroatoms. The number of benzene rings is 1. The number of carbonyl (C=O) groups is 1. The smallest absolute Gasteiger partial charge is 0.265 e. The van der Waals surface area contributed by atoms with Gasteiger partial charge in [0, 0.05) is 16.1 Å². The predicted octanol–water partition coefficient (Wildman–Crippen LogP) is 3.72. The number of amides is 1. The highest BCUT2D eigenvalue weighted by molar-refractivity contribution is 7.21. The van der Waals surface area contributed by atoms with Crippen LogP contribution in [0.3, 0.4) is 0 Å². The van der Waals surface area contributed by atoms with Crippen molar-refractivity contribution in [2.45, 2.75) is 31.7 Å². The Balaban J connectivity index is 1.95. The number of fused-ring (bicyclic) bond motifs is 1. The van der Waals surface area contributed by atoms with Gasteiger partial charge in [-0.2, -0.15) is 0 Å². The lowest BCUT2D eigenvalue weighted by atomic mass is 10.2. The van der Waals surface area contributed by atoms with Crippen LogP contribution in [0, 0.1) is 5.82 Å². The van der Waals surface area contributed by atoms with E-state index in [4.69, 9.17) is 4.74 Å². The Hall–Kier alpha value is -1.62. The van der Waals surface area contributed by atoms with Gasteiger partial charge in [-0.05, 0) is 31.0 Å². The summed E-state index contributed by atoms with van der Waals surface area (Å²) in [6, 6.07) is 4.76. The lowest BCUT2D eigenvalue weighted by Gasteiger charge is -2.11. The van der Waals surface area contributed by atoms with Gasteiger partial charge < -0.3 is 10.1 Å². The van der Waals surface area contributed by atoms with E-state index in [0.717, 1.165) is 17.5 Å². The number of hydrogen-bond acceptors (Lipinski definition) is 3. The molecule has 1 amide bonds. The molecule has 1 aliphatic rings. The van der Waals surface area contributed by atoms with Crippen molar-refractivity contribution in [3.05, 3.63) is 28.9 Å². The number of methoxy groups -OCH3 is 1. The van der Waals surface area contributed by atoms with Crippen LogP contribution in [0.2, 0.25) is 0 Å². The van der Waals surface area contributed by atoms with Crippen molar-refractivity contribution in [1.82, 2.24) is 5.32 Å². The molecule has 3 nitrogen and oxygen atoms in total. The number of hydrogen-bond donors (Lipinski definition) is 1. The zero-order valence-corrected chi connectivity index (χ0v) is 12.1. The summed E-state index contributed by atoms with van der Waals surface area (Å²) in [5.74, 6) is 0.0340. The van der Waals surface area contributed by atoms with Crippen LogP contribution in [0.15, 0.2) is 18.2 Å². The van der Waals surface area contributed by atoms with Gasteiger partial charge in [0.2, 0.25) is 0 Å². The summed E-state index contributed by atoms with van der Waals surface area (Å²) in [6.45, 7) is 0. The number of thiophene rings is 1. The molecule has 1 aliphatic carbocycles. The van der Waals surface area contributed by atoms with E-state index in [1.165, 1.54) is 43.4 Å². The van der Waals surface area contributed by atoms with Gasteiger partial charge in [-0.1, -0.05) is 12.8 Å². The van der Waals surface area contributed by atoms with Crippen molar-refractivity contribution < 1.29 is 13.9 Å². The summed E-state index contributed by atoms with van der Waals surface area (Å²) in [7, 11) is 1.51. The summed E-state index contributed by atoms with van der Waals surface area (Å²) in [5, 5.41) is 3.70. The van der Waals surface area contributed by atoms with Crippen LogP contribution >= 0.6 is 11.3 Å². The fraction of sp³-hybridized carbons (Fsp3) is 0.400. The van der Waals surface area contributed by atoms with E-state index in [1.807, 2.05) is 0 Å². The van der Waals surface area contributed by atoms with Crippen molar-refractivity contribution >= 4 is 27.3 Å². The quantitative estimate of drug-likeness (QED) is 0.936. The Morgan fingerprint density at radius 1 is 1.40 bits per heavy atom. The molecule has 106 valence electrons. The summed E-state index contributed by atoms with van der Waals surface area (Å²) >= 11 is 1.34. The molecule has 0 unspecified atom stereocenters. The van der Waals surface area contributed by atoms with Gasteiger partial charge >= 0.3 is 0 Å². The van der Waals surface area contributed by atoms with Gasteiger partial charge in [0.25, 0.3) is 5.91 Å². The number of rotatable bonds is 3. The summed E-state index contributed by atoms with van der Waals surface area (Å²) < 4.78 is 19.5. The first-order valence-electron chi connectivity index (χ1n) is 6.76. The lowest BCUT2D eigenvalue weighted by molar-refractivity contribution is 0.0939. The second-order valence-electron chi connectivity index (χ2n) is 5.06. The molecule has 0 saturated heterocycles. The highest BCUT2D eigenvalue weighted by Crippen LogP contribution is 2.38. The minimum Gasteiger partial charge on any atom is -0.494 e. The predicted molar refractivity (Wildman–Crippen MR) is 78.1 cm³/mol. The normalized spacial score (nSPS) is 15.7.